The van der Waals surface area contributed by atoms with E-state index in [9.17, 15) is 14.7 Å². The van der Waals surface area contributed by atoms with Gasteiger partial charge in [0.15, 0.2) is 5.76 Å². The van der Waals surface area contributed by atoms with Crippen LogP contribution in [-0.2, 0) is 19.2 Å². The molecule has 24 heavy (non-hydrogen) atoms. The lowest BCUT2D eigenvalue weighted by Crippen LogP contribution is -2.40. The average Bonchev–Trinajstić information content (AvgIpc) is 2.87. The summed E-state index contributed by atoms with van der Waals surface area (Å²) in [5.74, 6) is -1.62. The molecule has 0 saturated carbocycles. The number of fused-ring (bicyclic) bond motifs is 1. The van der Waals surface area contributed by atoms with E-state index in [1.165, 1.54) is 26.0 Å². The number of ether oxygens (including phenoxy) is 1. The maximum Gasteiger partial charge on any atom is 0.323 e. The van der Waals surface area contributed by atoms with E-state index in [1.807, 2.05) is 37.3 Å². The van der Waals surface area contributed by atoms with Crippen molar-refractivity contribution in [3.05, 3.63) is 52.8 Å². The molecule has 0 unspecified atom stereocenters. The average molecular weight is 347 g/mol. The van der Waals surface area contributed by atoms with Crippen LogP contribution in [0.2, 0.25) is 0 Å². The highest BCUT2D eigenvalue weighted by Crippen LogP contribution is 2.49. The van der Waals surface area contributed by atoms with Crippen LogP contribution in [0.3, 0.4) is 0 Å². The summed E-state index contributed by atoms with van der Waals surface area (Å²) in [5.41, 5.74) is 2.08. The van der Waals surface area contributed by atoms with Gasteiger partial charge in [-0.2, -0.15) is 0 Å². The van der Waals surface area contributed by atoms with Gasteiger partial charge in [0.05, 0.1) is 14.2 Å². The molecule has 2 atom stereocenters. The SMILES string of the molecule is COC(=O)[C@H]1SC(c2ccccc2)=C(C)[C@@H]2C1=C(O)C(=O)N2OC. The Balaban J connectivity index is 2.19. The Morgan fingerprint density at radius 2 is 1.92 bits per heavy atom. The van der Waals surface area contributed by atoms with Crippen molar-refractivity contribution in [2.24, 2.45) is 0 Å². The van der Waals surface area contributed by atoms with Crippen LogP contribution in [0.15, 0.2) is 47.2 Å². The summed E-state index contributed by atoms with van der Waals surface area (Å²) in [7, 11) is 2.65. The van der Waals surface area contributed by atoms with Crippen molar-refractivity contribution in [1.29, 1.82) is 0 Å². The summed E-state index contributed by atoms with van der Waals surface area (Å²) in [6.45, 7) is 1.87. The molecule has 2 aliphatic heterocycles. The van der Waals surface area contributed by atoms with Gasteiger partial charge in [-0.1, -0.05) is 30.3 Å². The lowest BCUT2D eigenvalue weighted by molar-refractivity contribution is -0.174. The second-order valence-electron chi connectivity index (χ2n) is 5.42. The number of aliphatic hydroxyl groups excluding tert-OH is 1. The van der Waals surface area contributed by atoms with Crippen LogP contribution in [0.5, 0.6) is 0 Å². The summed E-state index contributed by atoms with van der Waals surface area (Å²) in [6, 6.07) is 8.95. The van der Waals surface area contributed by atoms with Crippen LogP contribution in [0, 0.1) is 0 Å². The van der Waals surface area contributed by atoms with Crippen molar-refractivity contribution in [3.8, 4) is 0 Å². The predicted molar refractivity (Wildman–Crippen MR) is 89.7 cm³/mol. The Bertz CT molecular complexity index is 756. The highest BCUT2D eigenvalue weighted by atomic mass is 32.2. The molecular weight excluding hydrogens is 330 g/mol. The summed E-state index contributed by atoms with van der Waals surface area (Å²) < 4.78 is 4.87. The van der Waals surface area contributed by atoms with Gasteiger partial charge in [0, 0.05) is 10.5 Å². The fraction of sp³-hybridized carbons (Fsp3) is 0.294. The van der Waals surface area contributed by atoms with E-state index < -0.39 is 28.9 Å². The number of amides is 1. The molecule has 0 saturated heterocycles. The highest BCUT2D eigenvalue weighted by molar-refractivity contribution is 8.09. The molecule has 0 spiro atoms. The molecule has 0 fully saturated rings. The van der Waals surface area contributed by atoms with E-state index in [1.54, 1.807) is 0 Å². The van der Waals surface area contributed by atoms with Gasteiger partial charge in [-0.3, -0.25) is 14.4 Å². The van der Waals surface area contributed by atoms with Crippen molar-refractivity contribution >= 4 is 28.5 Å². The Morgan fingerprint density at radius 3 is 2.50 bits per heavy atom. The minimum absolute atomic E-state index is 0.316. The van der Waals surface area contributed by atoms with Gasteiger partial charge >= 0.3 is 11.9 Å². The van der Waals surface area contributed by atoms with Gasteiger partial charge in [0.2, 0.25) is 0 Å². The van der Waals surface area contributed by atoms with Crippen molar-refractivity contribution in [1.82, 2.24) is 5.06 Å². The normalized spacial score (nSPS) is 23.6. The second-order valence-corrected chi connectivity index (χ2v) is 6.53. The zero-order valence-corrected chi connectivity index (χ0v) is 14.3. The lowest BCUT2D eigenvalue weighted by Gasteiger charge is -2.33. The van der Waals surface area contributed by atoms with Crippen LogP contribution in [0.4, 0.5) is 0 Å². The minimum atomic E-state index is -0.803. The molecular formula is C17H17NO5S. The molecule has 6 nitrogen and oxygen atoms in total. The molecule has 1 aromatic rings. The van der Waals surface area contributed by atoms with Gasteiger partial charge in [-0.05, 0) is 18.1 Å². The molecule has 0 aromatic heterocycles. The Morgan fingerprint density at radius 1 is 1.25 bits per heavy atom. The zero-order chi connectivity index (χ0) is 17.4. The van der Waals surface area contributed by atoms with Gasteiger partial charge in [-0.15, -0.1) is 11.8 Å². The molecule has 0 aliphatic carbocycles. The van der Waals surface area contributed by atoms with Crippen molar-refractivity contribution in [2.75, 3.05) is 14.2 Å². The number of hydrogen-bond donors (Lipinski definition) is 1. The maximum atomic E-state index is 12.3. The zero-order valence-electron chi connectivity index (χ0n) is 13.5. The number of rotatable bonds is 3. The smallest absolute Gasteiger partial charge is 0.323 e. The fourth-order valence-electron chi connectivity index (χ4n) is 3.03. The minimum Gasteiger partial charge on any atom is -0.503 e. The molecule has 2 aliphatic rings. The summed E-state index contributed by atoms with van der Waals surface area (Å²) in [6.07, 6.45) is 0. The van der Waals surface area contributed by atoms with Gasteiger partial charge in [0.1, 0.15) is 11.3 Å². The molecule has 2 heterocycles. The van der Waals surface area contributed by atoms with Gasteiger partial charge in [-0.25, -0.2) is 5.06 Å². The second kappa shape index (κ2) is 6.33. The van der Waals surface area contributed by atoms with E-state index in [2.05, 4.69) is 0 Å². The van der Waals surface area contributed by atoms with E-state index in [-0.39, 0.29) is 0 Å². The number of benzene rings is 1. The molecule has 126 valence electrons. The number of hydroxylamine groups is 2. The van der Waals surface area contributed by atoms with Crippen LogP contribution in [0.1, 0.15) is 12.5 Å². The fourth-order valence-corrected chi connectivity index (χ4v) is 4.40. The van der Waals surface area contributed by atoms with Crippen LogP contribution in [0.25, 0.3) is 4.91 Å². The van der Waals surface area contributed by atoms with Crippen molar-refractivity contribution in [2.45, 2.75) is 18.2 Å². The third kappa shape index (κ3) is 2.40. The monoisotopic (exact) mass is 347 g/mol. The molecule has 0 radical (unpaired) electrons. The predicted octanol–water partition coefficient (Wildman–Crippen LogP) is 2.29. The molecule has 7 heteroatoms. The Labute approximate surface area is 143 Å². The van der Waals surface area contributed by atoms with Crippen LogP contribution in [-0.4, -0.2) is 47.6 Å². The lowest BCUT2D eigenvalue weighted by atomic mass is 9.95. The summed E-state index contributed by atoms with van der Waals surface area (Å²) >= 11 is 1.27. The van der Waals surface area contributed by atoms with Gasteiger partial charge < -0.3 is 9.84 Å². The quantitative estimate of drug-likeness (QED) is 0.846. The number of hydrogen-bond acceptors (Lipinski definition) is 6. The van der Waals surface area contributed by atoms with Crippen LogP contribution < -0.4 is 0 Å². The first-order chi connectivity index (χ1) is 11.5. The molecule has 1 amide bonds. The first-order valence-electron chi connectivity index (χ1n) is 7.32. The number of aliphatic hydroxyl groups is 1. The standard InChI is InChI=1S/C17H17NO5S/c1-9-12-11(13(19)16(20)18(12)23-3)15(17(21)22-2)24-14(9)10-7-5-4-6-8-10/h4-8,12,15,19H,1-3H3/t12-,15+/m1/s1. The first kappa shape index (κ1) is 16.6. The first-order valence-corrected chi connectivity index (χ1v) is 8.20. The van der Waals surface area contributed by atoms with E-state index >= 15 is 0 Å². The van der Waals surface area contributed by atoms with E-state index in [4.69, 9.17) is 9.57 Å². The summed E-state index contributed by atoms with van der Waals surface area (Å²) in [4.78, 5) is 30.5. The van der Waals surface area contributed by atoms with Crippen LogP contribution >= 0.6 is 11.8 Å². The van der Waals surface area contributed by atoms with E-state index in [0.717, 1.165) is 21.1 Å². The largest absolute Gasteiger partial charge is 0.503 e. The van der Waals surface area contributed by atoms with Crippen molar-refractivity contribution < 1.29 is 24.3 Å². The number of esters is 1. The third-order valence-electron chi connectivity index (χ3n) is 4.14. The van der Waals surface area contributed by atoms with Gasteiger partial charge in [0.25, 0.3) is 0 Å². The maximum absolute atomic E-state index is 12.3. The molecule has 1 N–H and O–H groups in total. The molecule has 1 aromatic carbocycles. The number of carbonyl (C=O) groups excluding carboxylic acids is 2. The van der Waals surface area contributed by atoms with Crippen molar-refractivity contribution in [3.63, 3.8) is 0 Å². The number of methoxy groups -OCH3 is 1. The number of carbonyl (C=O) groups is 2. The molecule has 0 bridgehead atoms. The highest BCUT2D eigenvalue weighted by Gasteiger charge is 2.50. The Hall–Kier alpha value is -2.25. The topological polar surface area (TPSA) is 76.1 Å². The Kier molecular flexibility index (Phi) is 4.38. The molecule has 3 rings (SSSR count). The van der Waals surface area contributed by atoms with E-state index in [0.29, 0.717) is 5.57 Å². The third-order valence-corrected chi connectivity index (χ3v) is 5.62. The number of nitrogens with zero attached hydrogens (tertiary/aromatic N) is 1. The number of thioether (sulfide) groups is 1. The summed E-state index contributed by atoms with van der Waals surface area (Å²) in [5, 5.41) is 10.5.